The summed E-state index contributed by atoms with van der Waals surface area (Å²) in [5.41, 5.74) is 5.34. The van der Waals surface area contributed by atoms with E-state index in [1.54, 1.807) is 0 Å². The van der Waals surface area contributed by atoms with Crippen LogP contribution in [0.4, 0.5) is 0 Å². The first-order valence-corrected chi connectivity index (χ1v) is 4.14. The molecule has 1 fully saturated rings. The molecule has 3 nitrogen and oxygen atoms in total. The Bertz CT molecular complexity index is 173. The van der Waals surface area contributed by atoms with Crippen LogP contribution in [0.3, 0.4) is 0 Å². The second-order valence-electron chi connectivity index (χ2n) is 3.21. The molecule has 0 aliphatic carbocycles. The third-order valence-electron chi connectivity index (χ3n) is 2.54. The third kappa shape index (κ3) is 1.52. The van der Waals surface area contributed by atoms with Crippen molar-refractivity contribution in [3.63, 3.8) is 0 Å². The SMILES string of the molecule is CCC1CNCCC1(N)C#N. The molecule has 2 unspecified atom stereocenters. The zero-order valence-electron chi connectivity index (χ0n) is 6.93. The summed E-state index contributed by atoms with van der Waals surface area (Å²) in [6.45, 7) is 3.84. The van der Waals surface area contributed by atoms with Crippen LogP contribution in [0.1, 0.15) is 19.8 Å². The zero-order chi connectivity index (χ0) is 8.32. The molecule has 0 radical (unpaired) electrons. The first-order chi connectivity index (χ1) is 5.23. The van der Waals surface area contributed by atoms with Gasteiger partial charge in [-0.25, -0.2) is 0 Å². The Balaban J connectivity index is 2.67. The standard InChI is InChI=1S/C8H15N3/c1-2-7-5-11-4-3-8(7,10)6-9/h7,11H,2-5,10H2,1H3. The van der Waals surface area contributed by atoms with Crippen molar-refractivity contribution in [1.82, 2.24) is 5.32 Å². The lowest BCUT2D eigenvalue weighted by Gasteiger charge is -2.35. The molecule has 0 aromatic rings. The Morgan fingerprint density at radius 2 is 2.55 bits per heavy atom. The average molecular weight is 153 g/mol. The van der Waals surface area contributed by atoms with Gasteiger partial charge in [-0.2, -0.15) is 5.26 Å². The van der Waals surface area contributed by atoms with E-state index in [2.05, 4.69) is 18.3 Å². The molecular formula is C8H15N3. The number of nitrogens with two attached hydrogens (primary N) is 1. The molecule has 11 heavy (non-hydrogen) atoms. The van der Waals surface area contributed by atoms with Crippen LogP contribution in [-0.2, 0) is 0 Å². The minimum Gasteiger partial charge on any atom is -0.316 e. The lowest BCUT2D eigenvalue weighted by molar-refractivity contribution is 0.256. The van der Waals surface area contributed by atoms with Crippen LogP contribution < -0.4 is 11.1 Å². The van der Waals surface area contributed by atoms with Crippen molar-refractivity contribution in [3.05, 3.63) is 0 Å². The molecule has 1 rings (SSSR count). The first kappa shape index (κ1) is 8.51. The summed E-state index contributed by atoms with van der Waals surface area (Å²) >= 11 is 0. The fourth-order valence-electron chi connectivity index (χ4n) is 1.61. The summed E-state index contributed by atoms with van der Waals surface area (Å²) in [5, 5.41) is 12.1. The van der Waals surface area contributed by atoms with Gasteiger partial charge in [0.1, 0.15) is 5.54 Å². The largest absolute Gasteiger partial charge is 0.316 e. The van der Waals surface area contributed by atoms with E-state index in [9.17, 15) is 0 Å². The zero-order valence-corrected chi connectivity index (χ0v) is 6.93. The van der Waals surface area contributed by atoms with Gasteiger partial charge in [0.15, 0.2) is 0 Å². The number of hydrogen-bond acceptors (Lipinski definition) is 3. The smallest absolute Gasteiger partial charge is 0.109 e. The maximum absolute atomic E-state index is 8.85. The van der Waals surface area contributed by atoms with E-state index in [-0.39, 0.29) is 0 Å². The molecule has 0 saturated carbocycles. The number of nitrogens with zero attached hydrogens (tertiary/aromatic N) is 1. The van der Waals surface area contributed by atoms with E-state index in [1.165, 1.54) is 0 Å². The van der Waals surface area contributed by atoms with Crippen molar-refractivity contribution in [2.45, 2.75) is 25.3 Å². The summed E-state index contributed by atoms with van der Waals surface area (Å²) < 4.78 is 0. The second kappa shape index (κ2) is 3.21. The summed E-state index contributed by atoms with van der Waals surface area (Å²) in [6.07, 6.45) is 1.76. The van der Waals surface area contributed by atoms with Crippen molar-refractivity contribution in [2.75, 3.05) is 13.1 Å². The van der Waals surface area contributed by atoms with Crippen molar-refractivity contribution >= 4 is 0 Å². The Morgan fingerprint density at radius 3 is 3.00 bits per heavy atom. The molecule has 0 aromatic heterocycles. The van der Waals surface area contributed by atoms with Gasteiger partial charge in [-0.1, -0.05) is 6.92 Å². The van der Waals surface area contributed by atoms with Gasteiger partial charge in [0.25, 0.3) is 0 Å². The van der Waals surface area contributed by atoms with Crippen LogP contribution in [0.5, 0.6) is 0 Å². The lowest BCUT2D eigenvalue weighted by Crippen LogP contribution is -2.55. The molecule has 3 heteroatoms. The molecule has 62 valence electrons. The Hall–Kier alpha value is -0.590. The normalized spacial score (nSPS) is 38.1. The maximum atomic E-state index is 8.85. The Labute approximate surface area is 67.6 Å². The number of nitrogens with one attached hydrogen (secondary N) is 1. The molecule has 1 aliphatic heterocycles. The van der Waals surface area contributed by atoms with Crippen molar-refractivity contribution in [1.29, 1.82) is 5.26 Å². The average Bonchev–Trinajstić information content (AvgIpc) is 2.05. The molecule has 0 aromatic carbocycles. The van der Waals surface area contributed by atoms with Crippen LogP contribution in [0.25, 0.3) is 0 Å². The molecule has 3 N–H and O–H groups in total. The fourth-order valence-corrected chi connectivity index (χ4v) is 1.61. The molecule has 1 saturated heterocycles. The minimum atomic E-state index is -0.569. The van der Waals surface area contributed by atoms with Gasteiger partial charge in [-0.05, 0) is 19.4 Å². The van der Waals surface area contributed by atoms with Gasteiger partial charge >= 0.3 is 0 Å². The van der Waals surface area contributed by atoms with E-state index in [1.807, 2.05) is 0 Å². The van der Waals surface area contributed by atoms with Gasteiger partial charge in [-0.15, -0.1) is 0 Å². The van der Waals surface area contributed by atoms with E-state index in [0.29, 0.717) is 5.92 Å². The minimum absolute atomic E-state index is 0.321. The Kier molecular flexibility index (Phi) is 2.48. The van der Waals surface area contributed by atoms with Crippen molar-refractivity contribution in [3.8, 4) is 6.07 Å². The number of piperidine rings is 1. The third-order valence-corrected chi connectivity index (χ3v) is 2.54. The van der Waals surface area contributed by atoms with E-state index >= 15 is 0 Å². The van der Waals surface area contributed by atoms with Crippen molar-refractivity contribution < 1.29 is 0 Å². The monoisotopic (exact) mass is 153 g/mol. The van der Waals surface area contributed by atoms with E-state index in [0.717, 1.165) is 25.9 Å². The van der Waals surface area contributed by atoms with Gasteiger partial charge in [0.2, 0.25) is 0 Å². The van der Waals surface area contributed by atoms with Gasteiger partial charge < -0.3 is 11.1 Å². The summed E-state index contributed by atoms with van der Waals surface area (Å²) in [7, 11) is 0. The van der Waals surface area contributed by atoms with Crippen LogP contribution in [0.15, 0.2) is 0 Å². The van der Waals surface area contributed by atoms with Crippen LogP contribution in [-0.4, -0.2) is 18.6 Å². The predicted octanol–water partition coefficient (Wildman–Crippen LogP) is 0.227. The molecule has 0 amide bonds. The highest BCUT2D eigenvalue weighted by molar-refractivity contribution is 5.11. The quantitative estimate of drug-likeness (QED) is 0.566. The first-order valence-electron chi connectivity index (χ1n) is 4.14. The van der Waals surface area contributed by atoms with Crippen LogP contribution in [0.2, 0.25) is 0 Å². The topological polar surface area (TPSA) is 61.8 Å². The highest BCUT2D eigenvalue weighted by Gasteiger charge is 2.35. The molecule has 2 atom stereocenters. The highest BCUT2D eigenvalue weighted by atomic mass is 14.9. The van der Waals surface area contributed by atoms with Gasteiger partial charge in [0, 0.05) is 12.5 Å². The molecule has 1 heterocycles. The molecule has 0 spiro atoms. The fraction of sp³-hybridized carbons (Fsp3) is 0.875. The molecular weight excluding hydrogens is 138 g/mol. The van der Waals surface area contributed by atoms with Crippen LogP contribution >= 0.6 is 0 Å². The van der Waals surface area contributed by atoms with E-state index < -0.39 is 5.54 Å². The van der Waals surface area contributed by atoms with Gasteiger partial charge in [-0.3, -0.25) is 0 Å². The second-order valence-corrected chi connectivity index (χ2v) is 3.21. The summed E-state index contributed by atoms with van der Waals surface area (Å²) in [4.78, 5) is 0. The van der Waals surface area contributed by atoms with Gasteiger partial charge in [0.05, 0.1) is 6.07 Å². The van der Waals surface area contributed by atoms with Crippen molar-refractivity contribution in [2.24, 2.45) is 11.7 Å². The lowest BCUT2D eigenvalue weighted by atomic mass is 9.79. The van der Waals surface area contributed by atoms with E-state index in [4.69, 9.17) is 11.0 Å². The Morgan fingerprint density at radius 1 is 1.82 bits per heavy atom. The molecule has 1 aliphatic rings. The maximum Gasteiger partial charge on any atom is 0.109 e. The highest BCUT2D eigenvalue weighted by Crippen LogP contribution is 2.23. The number of hydrogen-bond donors (Lipinski definition) is 2. The molecule has 0 bridgehead atoms. The summed E-state index contributed by atoms with van der Waals surface area (Å²) in [6, 6.07) is 2.22. The predicted molar refractivity (Wildman–Crippen MR) is 43.8 cm³/mol. The van der Waals surface area contributed by atoms with Crippen LogP contribution in [0, 0.1) is 17.2 Å². The number of nitriles is 1. The summed E-state index contributed by atoms with van der Waals surface area (Å²) in [5.74, 6) is 0.321. The number of rotatable bonds is 1.